The quantitative estimate of drug-likeness (QED) is 0.193. The van der Waals surface area contributed by atoms with Crippen LogP contribution in [0.5, 0.6) is 17.2 Å². The molecule has 3 amide bonds. The minimum atomic E-state index is -0.834. The predicted molar refractivity (Wildman–Crippen MR) is 159 cm³/mol. The van der Waals surface area contributed by atoms with Crippen LogP contribution in [0.3, 0.4) is 0 Å². The lowest BCUT2D eigenvalue weighted by Gasteiger charge is -2.30. The number of aromatic hydroxyl groups is 1. The average molecular weight is 622 g/mol. The molecular formula is C30H24FN3O7S2. The third-order valence-electron chi connectivity index (χ3n) is 7.05. The second-order valence-electron chi connectivity index (χ2n) is 9.76. The van der Waals surface area contributed by atoms with E-state index in [0.29, 0.717) is 26.9 Å². The minimum Gasteiger partial charge on any atom is -0.508 e. The molecule has 10 nitrogen and oxygen atoms in total. The Morgan fingerprint density at radius 1 is 1.00 bits per heavy atom. The van der Waals surface area contributed by atoms with E-state index in [4.69, 9.17) is 9.47 Å². The minimum absolute atomic E-state index is 0.0736. The summed E-state index contributed by atoms with van der Waals surface area (Å²) < 4.78 is 25.2. The highest BCUT2D eigenvalue weighted by Gasteiger charge is 2.56. The number of carbonyl (C=O) groups is 3. The third-order valence-corrected chi connectivity index (χ3v) is 9.45. The van der Waals surface area contributed by atoms with E-state index in [-0.39, 0.29) is 35.3 Å². The normalized spacial score (nSPS) is 19.1. The molecule has 0 spiro atoms. The van der Waals surface area contributed by atoms with Crippen LogP contribution < -0.4 is 24.6 Å². The van der Waals surface area contributed by atoms with E-state index in [2.05, 4.69) is 10.3 Å². The van der Waals surface area contributed by atoms with Crippen molar-refractivity contribution in [1.82, 2.24) is 4.98 Å². The van der Waals surface area contributed by atoms with E-state index in [0.717, 1.165) is 28.0 Å². The van der Waals surface area contributed by atoms with Crippen LogP contribution in [-0.4, -0.2) is 46.3 Å². The number of fused-ring (bicyclic) bond motifs is 2. The largest absolute Gasteiger partial charge is 0.508 e. The maximum absolute atomic E-state index is 13.9. The Bertz CT molecular complexity index is 1770. The number of hydrogen-bond donors (Lipinski definition) is 3. The molecule has 0 saturated carbocycles. The fraction of sp³-hybridized carbons (Fsp3) is 0.200. The van der Waals surface area contributed by atoms with Gasteiger partial charge in [0.2, 0.25) is 11.8 Å². The van der Waals surface area contributed by atoms with Gasteiger partial charge in [0, 0.05) is 16.5 Å². The van der Waals surface area contributed by atoms with Crippen LogP contribution in [0.2, 0.25) is 0 Å². The van der Waals surface area contributed by atoms with Crippen LogP contribution in [0.15, 0.2) is 76.6 Å². The number of aromatic nitrogens is 1. The molecule has 6 rings (SSSR count). The number of nitrogens with one attached hydrogen (secondary N) is 2. The average Bonchev–Trinajstić information content (AvgIpc) is 3.48. The molecule has 3 atom stereocenters. The summed E-state index contributed by atoms with van der Waals surface area (Å²) in [5.74, 6) is -2.62. The smallest absolute Gasteiger partial charge is 0.305 e. The van der Waals surface area contributed by atoms with Gasteiger partial charge in [-0.15, -0.1) is 0 Å². The Hall–Kier alpha value is -4.62. The molecule has 3 N–H and O–H groups in total. The van der Waals surface area contributed by atoms with Gasteiger partial charge in [0.05, 0.1) is 23.2 Å². The summed E-state index contributed by atoms with van der Waals surface area (Å²) in [5.41, 5.74) is 1.38. The first kappa shape index (κ1) is 28.5. The number of carbonyl (C=O) groups excluding carboxylic acids is 3. The Morgan fingerprint density at radius 2 is 1.74 bits per heavy atom. The lowest BCUT2D eigenvalue weighted by atomic mass is 9.83. The monoisotopic (exact) mass is 621 g/mol. The maximum atomic E-state index is 13.9. The summed E-state index contributed by atoms with van der Waals surface area (Å²) in [4.78, 5) is 56.5. The molecule has 0 bridgehead atoms. The van der Waals surface area contributed by atoms with Gasteiger partial charge in [-0.05, 0) is 73.2 Å². The molecule has 4 aromatic rings. The molecule has 1 aromatic heterocycles. The van der Waals surface area contributed by atoms with Gasteiger partial charge in [0.25, 0.3) is 5.91 Å². The topological polar surface area (TPSA) is 138 Å². The number of hydrogen-bond acceptors (Lipinski definition) is 9. The van der Waals surface area contributed by atoms with E-state index in [1.54, 1.807) is 37.3 Å². The van der Waals surface area contributed by atoms with Crippen molar-refractivity contribution >= 4 is 52.2 Å². The van der Waals surface area contributed by atoms with Crippen molar-refractivity contribution in [3.8, 4) is 17.2 Å². The zero-order valence-electron chi connectivity index (χ0n) is 22.5. The number of halogens is 1. The molecule has 3 aromatic carbocycles. The summed E-state index contributed by atoms with van der Waals surface area (Å²) in [6.45, 7) is 1.75. The highest BCUT2D eigenvalue weighted by Crippen LogP contribution is 2.53. The standard InChI is InChI=1S/C30H24FN3O7S2/c1-2-40-21-13-15(3-12-20(21)41-14-22(36)32-17-6-10-19(35)11-7-17)23-24-26(42-27-25(23)43-30(39)33-27)29(38)34(28(24)37)18-8-4-16(31)5-9-18/h3-13,23-24,26,35H,2,14H2,1H3,(H,32,36)(H,33,39)/t23-,24-,26+/m0/s1. The molecule has 1 fully saturated rings. The summed E-state index contributed by atoms with van der Waals surface area (Å²) in [5, 5.41) is 11.8. The summed E-state index contributed by atoms with van der Waals surface area (Å²) in [7, 11) is 0. The number of anilines is 2. The molecular weight excluding hydrogens is 597 g/mol. The zero-order valence-corrected chi connectivity index (χ0v) is 24.2. The van der Waals surface area contributed by atoms with E-state index >= 15 is 0 Å². The number of amides is 3. The number of aromatic amines is 1. The zero-order chi connectivity index (χ0) is 30.2. The van der Waals surface area contributed by atoms with Crippen molar-refractivity contribution in [1.29, 1.82) is 0 Å². The number of thiazole rings is 1. The molecule has 220 valence electrons. The van der Waals surface area contributed by atoms with Gasteiger partial charge < -0.3 is 24.9 Å². The summed E-state index contributed by atoms with van der Waals surface area (Å²) >= 11 is 2.12. The first-order chi connectivity index (χ1) is 20.7. The number of ether oxygens (including phenoxy) is 2. The van der Waals surface area contributed by atoms with Crippen LogP contribution in [0.25, 0.3) is 0 Å². The van der Waals surface area contributed by atoms with E-state index in [9.17, 15) is 28.7 Å². The third kappa shape index (κ3) is 5.48. The first-order valence-corrected chi connectivity index (χ1v) is 14.9. The van der Waals surface area contributed by atoms with Crippen LogP contribution in [0, 0.1) is 11.7 Å². The molecule has 13 heteroatoms. The molecule has 3 heterocycles. The SMILES string of the molecule is CCOc1cc([C@@H]2c3sc(=O)[nH]c3S[C@H]3C(=O)N(c4ccc(F)cc4)C(=O)[C@@H]23)ccc1OCC(=O)Nc1ccc(O)cc1. The van der Waals surface area contributed by atoms with Crippen molar-refractivity contribution < 1.29 is 33.4 Å². The number of rotatable bonds is 8. The van der Waals surface area contributed by atoms with Gasteiger partial charge in [0.15, 0.2) is 18.1 Å². The maximum Gasteiger partial charge on any atom is 0.305 e. The number of benzene rings is 3. The van der Waals surface area contributed by atoms with Crippen LogP contribution in [-0.2, 0) is 14.4 Å². The summed E-state index contributed by atoms with van der Waals surface area (Å²) in [6.07, 6.45) is 0. The van der Waals surface area contributed by atoms with Crippen molar-refractivity contribution in [3.05, 3.63) is 92.7 Å². The second kappa shape index (κ2) is 11.6. The molecule has 43 heavy (non-hydrogen) atoms. The number of phenols is 1. The van der Waals surface area contributed by atoms with Crippen molar-refractivity contribution in [2.75, 3.05) is 23.4 Å². The number of nitrogens with zero attached hydrogens (tertiary/aromatic N) is 1. The lowest BCUT2D eigenvalue weighted by Crippen LogP contribution is -2.32. The first-order valence-electron chi connectivity index (χ1n) is 13.2. The van der Waals surface area contributed by atoms with Crippen LogP contribution in [0.4, 0.5) is 15.8 Å². The number of phenolic OH excluding ortho intramolecular Hbond substituents is 1. The molecule has 0 unspecified atom stereocenters. The van der Waals surface area contributed by atoms with Crippen molar-refractivity contribution in [2.24, 2.45) is 5.92 Å². The summed E-state index contributed by atoms with van der Waals surface area (Å²) in [6, 6.07) is 16.2. The Kier molecular flexibility index (Phi) is 7.67. The molecule has 0 aliphatic carbocycles. The van der Waals surface area contributed by atoms with E-state index in [1.807, 2.05) is 0 Å². The van der Waals surface area contributed by atoms with E-state index < -0.39 is 40.6 Å². The molecule has 1 saturated heterocycles. The van der Waals surface area contributed by atoms with Gasteiger partial charge in [-0.1, -0.05) is 29.2 Å². The second-order valence-corrected chi connectivity index (χ2v) is 11.9. The van der Waals surface area contributed by atoms with E-state index in [1.165, 1.54) is 36.4 Å². The van der Waals surface area contributed by atoms with Gasteiger partial charge in [-0.2, -0.15) is 0 Å². The lowest BCUT2D eigenvalue weighted by molar-refractivity contribution is -0.122. The predicted octanol–water partition coefficient (Wildman–Crippen LogP) is 4.49. The fourth-order valence-electron chi connectivity index (χ4n) is 5.21. The molecule has 0 radical (unpaired) electrons. The van der Waals surface area contributed by atoms with Crippen LogP contribution >= 0.6 is 23.1 Å². The van der Waals surface area contributed by atoms with Gasteiger partial charge in [0.1, 0.15) is 16.8 Å². The number of H-pyrrole nitrogens is 1. The fourth-order valence-corrected chi connectivity index (χ4v) is 7.73. The van der Waals surface area contributed by atoms with Gasteiger partial charge in [-0.25, -0.2) is 9.29 Å². The van der Waals surface area contributed by atoms with Crippen molar-refractivity contribution in [3.63, 3.8) is 0 Å². The van der Waals surface area contributed by atoms with Crippen molar-refractivity contribution in [2.45, 2.75) is 23.1 Å². The van der Waals surface area contributed by atoms with Crippen LogP contribution in [0.1, 0.15) is 23.3 Å². The highest BCUT2D eigenvalue weighted by molar-refractivity contribution is 8.00. The number of thioether (sulfide) groups is 1. The Balaban J connectivity index is 1.31. The Labute approximate surface area is 252 Å². The van der Waals surface area contributed by atoms with Gasteiger partial charge in [-0.3, -0.25) is 19.2 Å². The molecule has 2 aliphatic rings. The molecule has 2 aliphatic heterocycles. The van der Waals surface area contributed by atoms with Gasteiger partial charge >= 0.3 is 4.87 Å². The number of imide groups is 1. The highest BCUT2D eigenvalue weighted by atomic mass is 32.2. The Morgan fingerprint density at radius 3 is 2.47 bits per heavy atom.